The van der Waals surface area contributed by atoms with Crippen LogP contribution in [0.2, 0.25) is 0 Å². The van der Waals surface area contributed by atoms with Gasteiger partial charge in [0.05, 0.1) is 19.3 Å². The van der Waals surface area contributed by atoms with Crippen LogP contribution in [0.3, 0.4) is 0 Å². The van der Waals surface area contributed by atoms with Crippen molar-refractivity contribution in [2.75, 3.05) is 39.9 Å². The van der Waals surface area contributed by atoms with Crippen molar-refractivity contribution in [3.05, 3.63) is 52.5 Å². The van der Waals surface area contributed by atoms with E-state index in [-0.39, 0.29) is 0 Å². The highest BCUT2D eigenvalue weighted by Crippen LogP contribution is 2.29. The number of morpholine rings is 1. The molecule has 5 heteroatoms. The van der Waals surface area contributed by atoms with Crippen LogP contribution >= 0.6 is 11.3 Å². The van der Waals surface area contributed by atoms with Crippen LogP contribution in [0.15, 0.2) is 42.0 Å². The van der Waals surface area contributed by atoms with Gasteiger partial charge in [-0.2, -0.15) is 0 Å². The number of hydrogen-bond acceptors (Lipinski definition) is 5. The number of pyridine rings is 1. The van der Waals surface area contributed by atoms with Gasteiger partial charge >= 0.3 is 0 Å². The number of likely N-dealkylation sites (N-methyl/N-ethyl adjacent to an activating group) is 1. The van der Waals surface area contributed by atoms with Crippen molar-refractivity contribution in [1.29, 1.82) is 0 Å². The van der Waals surface area contributed by atoms with E-state index >= 15 is 0 Å². The predicted octanol–water partition coefficient (Wildman–Crippen LogP) is 3.21. The molecule has 0 spiro atoms. The highest BCUT2D eigenvalue weighted by molar-refractivity contribution is 7.10. The SMILES string of the molecule is C[C@@H](c1cccnc1)N(C)C[C@@H](c1cccs1)N1CCOCC1. The summed E-state index contributed by atoms with van der Waals surface area (Å²) in [6.07, 6.45) is 3.80. The summed E-state index contributed by atoms with van der Waals surface area (Å²) in [4.78, 5) is 10.7. The molecular formula is C18H25N3OS. The lowest BCUT2D eigenvalue weighted by molar-refractivity contribution is 0.00766. The lowest BCUT2D eigenvalue weighted by atomic mass is 10.1. The van der Waals surface area contributed by atoms with Crippen LogP contribution in [0.25, 0.3) is 0 Å². The molecule has 0 bridgehead atoms. The molecule has 1 saturated heterocycles. The molecule has 0 radical (unpaired) electrons. The van der Waals surface area contributed by atoms with E-state index in [0.29, 0.717) is 12.1 Å². The lowest BCUT2D eigenvalue weighted by Crippen LogP contribution is -2.43. The van der Waals surface area contributed by atoms with Crippen LogP contribution < -0.4 is 0 Å². The Balaban J connectivity index is 1.72. The molecule has 1 aliphatic heterocycles. The summed E-state index contributed by atoms with van der Waals surface area (Å²) in [7, 11) is 2.21. The number of hydrogen-bond donors (Lipinski definition) is 0. The van der Waals surface area contributed by atoms with Crippen LogP contribution in [0.1, 0.15) is 29.4 Å². The van der Waals surface area contributed by atoms with Crippen molar-refractivity contribution in [3.8, 4) is 0 Å². The fourth-order valence-corrected chi connectivity index (χ4v) is 3.92. The highest BCUT2D eigenvalue weighted by atomic mass is 32.1. The Morgan fingerprint density at radius 1 is 1.30 bits per heavy atom. The van der Waals surface area contributed by atoms with Gasteiger partial charge in [-0.25, -0.2) is 0 Å². The molecule has 0 unspecified atom stereocenters. The highest BCUT2D eigenvalue weighted by Gasteiger charge is 2.26. The van der Waals surface area contributed by atoms with Gasteiger partial charge < -0.3 is 4.74 Å². The quantitative estimate of drug-likeness (QED) is 0.813. The number of thiophene rings is 1. The second-order valence-electron chi connectivity index (χ2n) is 6.08. The molecule has 0 amide bonds. The molecule has 2 aromatic rings. The minimum atomic E-state index is 0.354. The van der Waals surface area contributed by atoms with E-state index in [1.54, 1.807) is 0 Å². The Morgan fingerprint density at radius 2 is 2.13 bits per heavy atom. The first-order chi connectivity index (χ1) is 11.3. The zero-order valence-electron chi connectivity index (χ0n) is 13.9. The van der Waals surface area contributed by atoms with Gasteiger partial charge in [-0.1, -0.05) is 12.1 Å². The first-order valence-electron chi connectivity index (χ1n) is 8.21. The fraction of sp³-hybridized carbons (Fsp3) is 0.500. The maximum absolute atomic E-state index is 5.53. The number of nitrogens with zero attached hydrogens (tertiary/aromatic N) is 3. The summed E-state index contributed by atoms with van der Waals surface area (Å²) >= 11 is 1.85. The average Bonchev–Trinajstić information content (AvgIpc) is 3.14. The Labute approximate surface area is 142 Å². The van der Waals surface area contributed by atoms with Crippen molar-refractivity contribution in [2.45, 2.75) is 19.0 Å². The van der Waals surface area contributed by atoms with Crippen molar-refractivity contribution >= 4 is 11.3 Å². The van der Waals surface area contributed by atoms with Crippen molar-refractivity contribution < 1.29 is 4.74 Å². The molecule has 1 fully saturated rings. The topological polar surface area (TPSA) is 28.6 Å². The van der Waals surface area contributed by atoms with Gasteiger partial charge in [0.15, 0.2) is 0 Å². The van der Waals surface area contributed by atoms with Gasteiger partial charge in [0, 0.05) is 42.9 Å². The Morgan fingerprint density at radius 3 is 2.78 bits per heavy atom. The second kappa shape index (κ2) is 8.02. The van der Waals surface area contributed by atoms with E-state index in [2.05, 4.69) is 52.3 Å². The van der Waals surface area contributed by atoms with Crippen molar-refractivity contribution in [3.63, 3.8) is 0 Å². The summed E-state index contributed by atoms with van der Waals surface area (Å²) < 4.78 is 5.53. The smallest absolute Gasteiger partial charge is 0.0594 e. The Hall–Kier alpha value is -1.27. The molecule has 2 aromatic heterocycles. The van der Waals surface area contributed by atoms with E-state index in [0.717, 1.165) is 32.8 Å². The van der Waals surface area contributed by atoms with Gasteiger partial charge in [0.1, 0.15) is 0 Å². The van der Waals surface area contributed by atoms with Gasteiger partial charge in [0.25, 0.3) is 0 Å². The minimum absolute atomic E-state index is 0.354. The van der Waals surface area contributed by atoms with E-state index in [4.69, 9.17) is 4.74 Å². The van der Waals surface area contributed by atoms with Gasteiger partial charge in [0.2, 0.25) is 0 Å². The lowest BCUT2D eigenvalue weighted by Gasteiger charge is -2.37. The Bertz CT molecular complexity index is 569. The Kier molecular flexibility index (Phi) is 5.78. The third-order valence-corrected chi connectivity index (χ3v) is 5.62. The zero-order chi connectivity index (χ0) is 16.1. The second-order valence-corrected chi connectivity index (χ2v) is 7.06. The van der Waals surface area contributed by atoms with E-state index in [9.17, 15) is 0 Å². The molecule has 4 nitrogen and oxygen atoms in total. The first-order valence-corrected chi connectivity index (χ1v) is 9.09. The first kappa shape index (κ1) is 16.6. The zero-order valence-corrected chi connectivity index (χ0v) is 14.7. The molecule has 0 N–H and O–H groups in total. The van der Waals surface area contributed by atoms with Crippen LogP contribution in [0, 0.1) is 0 Å². The molecule has 0 aliphatic carbocycles. The molecular weight excluding hydrogens is 306 g/mol. The average molecular weight is 331 g/mol. The number of aromatic nitrogens is 1. The summed E-state index contributed by atoms with van der Waals surface area (Å²) in [6, 6.07) is 9.36. The van der Waals surface area contributed by atoms with E-state index in [1.807, 2.05) is 29.8 Å². The third-order valence-electron chi connectivity index (χ3n) is 4.65. The predicted molar refractivity (Wildman–Crippen MR) is 94.7 cm³/mol. The largest absolute Gasteiger partial charge is 0.379 e. The van der Waals surface area contributed by atoms with E-state index < -0.39 is 0 Å². The molecule has 3 rings (SSSR count). The normalized spacial score (nSPS) is 18.9. The molecule has 1 aliphatic rings. The molecule has 0 saturated carbocycles. The monoisotopic (exact) mass is 331 g/mol. The molecule has 3 heterocycles. The van der Waals surface area contributed by atoms with Crippen LogP contribution in [-0.4, -0.2) is 54.7 Å². The van der Waals surface area contributed by atoms with Crippen LogP contribution in [0.5, 0.6) is 0 Å². The van der Waals surface area contributed by atoms with Crippen LogP contribution in [0.4, 0.5) is 0 Å². The molecule has 23 heavy (non-hydrogen) atoms. The molecule has 2 atom stereocenters. The summed E-state index contributed by atoms with van der Waals surface area (Å²) in [5, 5.41) is 2.17. The minimum Gasteiger partial charge on any atom is -0.379 e. The maximum atomic E-state index is 5.53. The van der Waals surface area contributed by atoms with Gasteiger partial charge in [-0.15, -0.1) is 11.3 Å². The number of rotatable bonds is 6. The van der Waals surface area contributed by atoms with Gasteiger partial charge in [-0.3, -0.25) is 14.8 Å². The van der Waals surface area contributed by atoms with Crippen molar-refractivity contribution in [1.82, 2.24) is 14.8 Å². The van der Waals surface area contributed by atoms with Crippen LogP contribution in [-0.2, 0) is 4.74 Å². The standard InChI is InChI=1S/C18H25N3OS/c1-15(16-5-3-7-19-13-16)20(2)14-17(18-6-4-12-23-18)21-8-10-22-11-9-21/h3-7,12-13,15,17H,8-11,14H2,1-2H3/t15-,17-/m0/s1. The summed E-state index contributed by atoms with van der Waals surface area (Å²) in [5.41, 5.74) is 1.27. The third kappa shape index (κ3) is 4.18. The fourth-order valence-electron chi connectivity index (χ4n) is 3.06. The van der Waals surface area contributed by atoms with Gasteiger partial charge in [-0.05, 0) is 37.0 Å². The maximum Gasteiger partial charge on any atom is 0.0594 e. The summed E-state index contributed by atoms with van der Waals surface area (Å²) in [6.45, 7) is 6.96. The van der Waals surface area contributed by atoms with Crippen molar-refractivity contribution in [2.24, 2.45) is 0 Å². The summed E-state index contributed by atoms with van der Waals surface area (Å²) in [5.74, 6) is 0. The molecule has 0 aromatic carbocycles. The van der Waals surface area contributed by atoms with E-state index in [1.165, 1.54) is 10.4 Å². The number of ether oxygens (including phenoxy) is 1. The molecule has 124 valence electrons.